The average Bonchev–Trinajstić information content (AvgIpc) is 2.70. The second kappa shape index (κ2) is 9.39. The van der Waals surface area contributed by atoms with Crippen LogP contribution < -0.4 is 14.8 Å². The summed E-state index contributed by atoms with van der Waals surface area (Å²) in [6, 6.07) is 13.5. The van der Waals surface area contributed by atoms with Crippen LogP contribution in [0, 0.1) is 0 Å². The predicted octanol–water partition coefficient (Wildman–Crippen LogP) is 2.72. The molecule has 1 amide bonds. The first-order valence-corrected chi connectivity index (χ1v) is 9.08. The molecule has 0 aliphatic carbocycles. The number of morpholine rings is 1. The first-order valence-electron chi connectivity index (χ1n) is 9.08. The number of nitrogens with zero attached hydrogens (tertiary/aromatic N) is 1. The Kier molecular flexibility index (Phi) is 6.68. The fraction of sp³-hybridized carbons (Fsp3) is 0.381. The van der Waals surface area contributed by atoms with Crippen molar-refractivity contribution in [2.24, 2.45) is 0 Å². The average molecular weight is 370 g/mol. The molecule has 1 aliphatic heterocycles. The Morgan fingerprint density at radius 3 is 2.56 bits per heavy atom. The molecule has 3 rings (SSSR count). The zero-order valence-electron chi connectivity index (χ0n) is 15.9. The molecular formula is C21H26N2O4. The van der Waals surface area contributed by atoms with E-state index >= 15 is 0 Å². The number of hydrogen-bond donors (Lipinski definition) is 1. The third-order valence-corrected chi connectivity index (χ3v) is 4.60. The number of nitrogens with one attached hydrogen (secondary N) is 1. The highest BCUT2D eigenvalue weighted by molar-refractivity contribution is 5.93. The van der Waals surface area contributed by atoms with Crippen molar-refractivity contribution in [1.82, 2.24) is 4.90 Å². The van der Waals surface area contributed by atoms with Gasteiger partial charge in [-0.1, -0.05) is 24.3 Å². The van der Waals surface area contributed by atoms with E-state index in [1.54, 1.807) is 14.2 Å². The lowest BCUT2D eigenvalue weighted by molar-refractivity contribution is -0.115. The molecular weight excluding hydrogens is 344 g/mol. The molecule has 1 saturated heterocycles. The van der Waals surface area contributed by atoms with Crippen LogP contribution in [-0.4, -0.2) is 51.3 Å². The van der Waals surface area contributed by atoms with Crippen LogP contribution in [0.5, 0.6) is 11.5 Å². The van der Waals surface area contributed by atoms with Crippen molar-refractivity contribution in [3.63, 3.8) is 0 Å². The summed E-state index contributed by atoms with van der Waals surface area (Å²) < 4.78 is 16.0. The van der Waals surface area contributed by atoms with E-state index in [0.29, 0.717) is 11.5 Å². The topological polar surface area (TPSA) is 60.0 Å². The van der Waals surface area contributed by atoms with Crippen LogP contribution in [0.2, 0.25) is 0 Å². The molecule has 6 heteroatoms. The van der Waals surface area contributed by atoms with E-state index in [1.165, 1.54) is 0 Å². The Bertz CT molecular complexity index is 773. The molecule has 0 saturated carbocycles. The first-order chi connectivity index (χ1) is 13.2. The number of anilines is 1. The fourth-order valence-corrected chi connectivity index (χ4v) is 3.15. The molecule has 6 nitrogen and oxygen atoms in total. The molecule has 0 bridgehead atoms. The highest BCUT2D eigenvalue weighted by Crippen LogP contribution is 2.28. The molecule has 2 aromatic carbocycles. The van der Waals surface area contributed by atoms with Crippen LogP contribution in [0.25, 0.3) is 0 Å². The van der Waals surface area contributed by atoms with Gasteiger partial charge in [-0.15, -0.1) is 0 Å². The SMILES string of the molecule is COc1ccc(CC(=O)Nc2ccccc2CN2CCOCC2)cc1OC. The van der Waals surface area contributed by atoms with Gasteiger partial charge in [0.15, 0.2) is 11.5 Å². The standard InChI is InChI=1S/C21H26N2O4/c1-25-19-8-7-16(13-20(19)26-2)14-21(24)22-18-6-4-3-5-17(18)15-23-9-11-27-12-10-23/h3-8,13H,9-12,14-15H2,1-2H3,(H,22,24). The number of para-hydroxylation sites is 1. The molecule has 0 atom stereocenters. The number of ether oxygens (including phenoxy) is 3. The van der Waals surface area contributed by atoms with E-state index in [-0.39, 0.29) is 12.3 Å². The lowest BCUT2D eigenvalue weighted by atomic mass is 10.1. The number of amides is 1. The Morgan fingerprint density at radius 1 is 1.07 bits per heavy atom. The second-order valence-electron chi connectivity index (χ2n) is 6.46. The molecule has 0 aromatic heterocycles. The van der Waals surface area contributed by atoms with Crippen molar-refractivity contribution in [3.05, 3.63) is 53.6 Å². The summed E-state index contributed by atoms with van der Waals surface area (Å²) in [5.74, 6) is 1.21. The maximum atomic E-state index is 12.6. The summed E-state index contributed by atoms with van der Waals surface area (Å²) in [5, 5.41) is 3.05. The van der Waals surface area contributed by atoms with Crippen molar-refractivity contribution < 1.29 is 19.0 Å². The van der Waals surface area contributed by atoms with Crippen LogP contribution in [0.1, 0.15) is 11.1 Å². The van der Waals surface area contributed by atoms with Crippen LogP contribution in [-0.2, 0) is 22.5 Å². The predicted molar refractivity (Wildman–Crippen MR) is 104 cm³/mol. The molecule has 27 heavy (non-hydrogen) atoms. The van der Waals surface area contributed by atoms with Gasteiger partial charge in [0.2, 0.25) is 5.91 Å². The Balaban J connectivity index is 1.65. The van der Waals surface area contributed by atoms with Crippen molar-refractivity contribution in [2.75, 3.05) is 45.8 Å². The highest BCUT2D eigenvalue weighted by atomic mass is 16.5. The number of carbonyl (C=O) groups is 1. The van der Waals surface area contributed by atoms with Crippen LogP contribution >= 0.6 is 0 Å². The Labute approximate surface area is 160 Å². The van der Waals surface area contributed by atoms with Gasteiger partial charge in [0.05, 0.1) is 33.9 Å². The van der Waals surface area contributed by atoms with Crippen molar-refractivity contribution in [1.29, 1.82) is 0 Å². The molecule has 2 aromatic rings. The summed E-state index contributed by atoms with van der Waals surface area (Å²) in [6.45, 7) is 4.14. The summed E-state index contributed by atoms with van der Waals surface area (Å²) in [5.41, 5.74) is 2.84. The quantitative estimate of drug-likeness (QED) is 0.812. The smallest absolute Gasteiger partial charge is 0.228 e. The zero-order chi connectivity index (χ0) is 19.1. The van der Waals surface area contributed by atoms with Gasteiger partial charge in [-0.3, -0.25) is 9.69 Å². The largest absolute Gasteiger partial charge is 0.493 e. The summed E-state index contributed by atoms with van der Waals surface area (Å²) in [7, 11) is 3.18. The van der Waals surface area contributed by atoms with Gasteiger partial charge in [-0.2, -0.15) is 0 Å². The summed E-state index contributed by atoms with van der Waals surface area (Å²) >= 11 is 0. The normalized spacial score (nSPS) is 14.6. The van der Waals surface area contributed by atoms with Gasteiger partial charge in [0.1, 0.15) is 0 Å². The minimum absolute atomic E-state index is 0.0587. The number of benzene rings is 2. The molecule has 0 unspecified atom stereocenters. The number of hydrogen-bond acceptors (Lipinski definition) is 5. The molecule has 1 heterocycles. The molecule has 1 fully saturated rings. The minimum atomic E-state index is -0.0587. The Morgan fingerprint density at radius 2 is 1.81 bits per heavy atom. The van der Waals surface area contributed by atoms with Crippen molar-refractivity contribution in [3.8, 4) is 11.5 Å². The fourth-order valence-electron chi connectivity index (χ4n) is 3.15. The van der Waals surface area contributed by atoms with Crippen LogP contribution in [0.4, 0.5) is 5.69 Å². The third kappa shape index (κ3) is 5.21. The highest BCUT2D eigenvalue weighted by Gasteiger charge is 2.14. The summed E-state index contributed by atoms with van der Waals surface area (Å²) in [6.07, 6.45) is 0.270. The van der Waals surface area contributed by atoms with Gasteiger partial charge in [0, 0.05) is 25.3 Å². The molecule has 144 valence electrons. The number of methoxy groups -OCH3 is 2. The van der Waals surface area contributed by atoms with E-state index in [4.69, 9.17) is 14.2 Å². The lowest BCUT2D eigenvalue weighted by Gasteiger charge is -2.27. The van der Waals surface area contributed by atoms with Gasteiger partial charge in [0.25, 0.3) is 0 Å². The maximum absolute atomic E-state index is 12.6. The van der Waals surface area contributed by atoms with Gasteiger partial charge in [-0.25, -0.2) is 0 Å². The summed E-state index contributed by atoms with van der Waals surface area (Å²) in [4.78, 5) is 14.9. The minimum Gasteiger partial charge on any atom is -0.493 e. The Hall–Kier alpha value is -2.57. The zero-order valence-corrected chi connectivity index (χ0v) is 15.9. The second-order valence-corrected chi connectivity index (χ2v) is 6.46. The third-order valence-electron chi connectivity index (χ3n) is 4.60. The maximum Gasteiger partial charge on any atom is 0.228 e. The molecule has 0 radical (unpaired) electrons. The van der Waals surface area contributed by atoms with E-state index < -0.39 is 0 Å². The van der Waals surface area contributed by atoms with Gasteiger partial charge >= 0.3 is 0 Å². The van der Waals surface area contributed by atoms with Crippen LogP contribution in [0.3, 0.4) is 0 Å². The van der Waals surface area contributed by atoms with E-state index in [1.807, 2.05) is 36.4 Å². The van der Waals surface area contributed by atoms with E-state index in [9.17, 15) is 4.79 Å². The first kappa shape index (κ1) is 19.2. The molecule has 0 spiro atoms. The number of rotatable bonds is 7. The number of carbonyl (C=O) groups excluding carboxylic acids is 1. The van der Waals surface area contributed by atoms with Crippen molar-refractivity contribution >= 4 is 11.6 Å². The van der Waals surface area contributed by atoms with E-state index in [0.717, 1.165) is 49.7 Å². The van der Waals surface area contributed by atoms with Crippen LogP contribution in [0.15, 0.2) is 42.5 Å². The monoisotopic (exact) mass is 370 g/mol. The molecule has 1 N–H and O–H groups in total. The van der Waals surface area contributed by atoms with Crippen molar-refractivity contribution in [2.45, 2.75) is 13.0 Å². The van der Waals surface area contributed by atoms with Gasteiger partial charge in [-0.05, 0) is 29.3 Å². The van der Waals surface area contributed by atoms with Gasteiger partial charge < -0.3 is 19.5 Å². The lowest BCUT2D eigenvalue weighted by Crippen LogP contribution is -2.35. The van der Waals surface area contributed by atoms with E-state index in [2.05, 4.69) is 16.3 Å². The molecule has 1 aliphatic rings.